The van der Waals surface area contributed by atoms with Crippen LogP contribution in [0, 0.1) is 44.1 Å². The third kappa shape index (κ3) is 4.37. The van der Waals surface area contributed by atoms with E-state index in [2.05, 4.69) is 15.8 Å². The van der Waals surface area contributed by atoms with E-state index in [4.69, 9.17) is 16.1 Å². The highest BCUT2D eigenvalue weighted by Crippen LogP contribution is 2.30. The maximum Gasteiger partial charge on any atom is 0.256 e. The molecule has 2 N–H and O–H groups in total. The van der Waals surface area contributed by atoms with Crippen molar-refractivity contribution in [3.05, 3.63) is 44.9 Å². The lowest BCUT2D eigenvalue weighted by Crippen LogP contribution is -2.39. The van der Waals surface area contributed by atoms with Crippen LogP contribution in [0.1, 0.15) is 52.9 Å². The lowest BCUT2D eigenvalue weighted by Gasteiger charge is -2.29. The SMILES string of the molecule is Cc1noc(NCC2CCC(NC(=O)c3c(F)c(C)c(F)c(F)c3Cl)CC2)c1C. The van der Waals surface area contributed by atoms with Crippen LogP contribution in [-0.2, 0) is 0 Å². The molecular weight excluding hydrogens is 407 g/mol. The Morgan fingerprint density at radius 2 is 1.72 bits per heavy atom. The molecule has 1 fully saturated rings. The predicted octanol–water partition coefficient (Wildman–Crippen LogP) is 5.07. The number of nitrogens with zero attached hydrogens (tertiary/aromatic N) is 1. The molecule has 9 heteroatoms. The summed E-state index contributed by atoms with van der Waals surface area (Å²) in [5, 5.41) is 9.03. The van der Waals surface area contributed by atoms with Crippen molar-refractivity contribution in [2.75, 3.05) is 11.9 Å². The van der Waals surface area contributed by atoms with Gasteiger partial charge < -0.3 is 15.2 Å². The Morgan fingerprint density at radius 1 is 1.07 bits per heavy atom. The molecule has 1 aromatic heterocycles. The first-order chi connectivity index (χ1) is 13.7. The van der Waals surface area contributed by atoms with Gasteiger partial charge in [-0.15, -0.1) is 0 Å². The van der Waals surface area contributed by atoms with E-state index in [-0.39, 0.29) is 6.04 Å². The summed E-state index contributed by atoms with van der Waals surface area (Å²) in [5.41, 5.74) is 0.608. The maximum atomic E-state index is 14.3. The van der Waals surface area contributed by atoms with E-state index in [1.54, 1.807) is 0 Å². The van der Waals surface area contributed by atoms with Gasteiger partial charge in [0.2, 0.25) is 5.88 Å². The van der Waals surface area contributed by atoms with Gasteiger partial charge in [-0.1, -0.05) is 16.8 Å². The Morgan fingerprint density at radius 3 is 2.31 bits per heavy atom. The molecule has 0 unspecified atom stereocenters. The Kier molecular flexibility index (Phi) is 6.41. The standard InChI is InChI=1S/C20H23ClF3N3O2/c1-9-11(3)27-29-20(9)25-8-12-4-6-13(7-5-12)26-19(28)14-15(21)18(24)17(23)10(2)16(14)22/h12-13,25H,4-8H2,1-3H3,(H,26,28). The molecule has 0 saturated heterocycles. The van der Waals surface area contributed by atoms with Crippen LogP contribution in [0.2, 0.25) is 5.02 Å². The van der Waals surface area contributed by atoms with E-state index in [0.717, 1.165) is 37.6 Å². The summed E-state index contributed by atoms with van der Waals surface area (Å²) in [6, 6.07) is -0.183. The monoisotopic (exact) mass is 429 g/mol. The molecule has 1 amide bonds. The first-order valence-electron chi connectivity index (χ1n) is 9.50. The molecule has 0 atom stereocenters. The first-order valence-corrected chi connectivity index (χ1v) is 9.88. The molecular formula is C20H23ClF3N3O2. The van der Waals surface area contributed by atoms with Crippen molar-refractivity contribution in [1.82, 2.24) is 10.5 Å². The summed E-state index contributed by atoms with van der Waals surface area (Å²) in [6.07, 6.45) is 3.07. The predicted molar refractivity (Wildman–Crippen MR) is 104 cm³/mol. The molecule has 2 aromatic rings. The van der Waals surface area contributed by atoms with Crippen LogP contribution in [0.5, 0.6) is 0 Å². The summed E-state index contributed by atoms with van der Waals surface area (Å²) >= 11 is 5.69. The number of anilines is 1. The number of amides is 1. The van der Waals surface area contributed by atoms with Gasteiger partial charge in [0.1, 0.15) is 5.82 Å². The fourth-order valence-corrected chi connectivity index (χ4v) is 3.79. The molecule has 1 aliphatic carbocycles. The van der Waals surface area contributed by atoms with Crippen LogP contribution < -0.4 is 10.6 Å². The smallest absolute Gasteiger partial charge is 0.256 e. The van der Waals surface area contributed by atoms with E-state index in [9.17, 15) is 18.0 Å². The van der Waals surface area contributed by atoms with Crippen molar-refractivity contribution in [2.45, 2.75) is 52.5 Å². The zero-order valence-corrected chi connectivity index (χ0v) is 17.2. The number of nitrogens with one attached hydrogen (secondary N) is 2. The summed E-state index contributed by atoms with van der Waals surface area (Å²) < 4.78 is 46.9. The summed E-state index contributed by atoms with van der Waals surface area (Å²) in [5.74, 6) is -3.71. The van der Waals surface area contributed by atoms with Crippen LogP contribution in [0.15, 0.2) is 4.52 Å². The number of halogens is 4. The van der Waals surface area contributed by atoms with E-state index in [0.29, 0.717) is 24.6 Å². The number of carbonyl (C=O) groups excluding carboxylic acids is 1. The number of hydrogen-bond acceptors (Lipinski definition) is 4. The van der Waals surface area contributed by atoms with Gasteiger partial charge in [0, 0.05) is 23.7 Å². The number of carbonyl (C=O) groups is 1. The number of aromatic nitrogens is 1. The molecule has 1 saturated carbocycles. The fraction of sp³-hybridized carbons (Fsp3) is 0.500. The van der Waals surface area contributed by atoms with Crippen molar-refractivity contribution < 1.29 is 22.5 Å². The average Bonchev–Trinajstić information content (AvgIpc) is 3.02. The van der Waals surface area contributed by atoms with Gasteiger partial charge in [0.25, 0.3) is 5.91 Å². The lowest BCUT2D eigenvalue weighted by molar-refractivity contribution is 0.0918. The molecule has 5 nitrogen and oxygen atoms in total. The molecule has 0 bridgehead atoms. The first kappa shape index (κ1) is 21.5. The van der Waals surface area contributed by atoms with E-state index >= 15 is 0 Å². The minimum absolute atomic E-state index is 0.183. The highest BCUT2D eigenvalue weighted by molar-refractivity contribution is 6.34. The summed E-state index contributed by atoms with van der Waals surface area (Å²) in [7, 11) is 0. The third-order valence-electron chi connectivity index (χ3n) is 5.60. The highest BCUT2D eigenvalue weighted by atomic mass is 35.5. The fourth-order valence-electron chi connectivity index (χ4n) is 3.54. The molecule has 1 aliphatic rings. The Balaban J connectivity index is 1.56. The van der Waals surface area contributed by atoms with Crippen molar-refractivity contribution in [3.8, 4) is 0 Å². The largest absolute Gasteiger partial charge is 0.354 e. The zero-order valence-electron chi connectivity index (χ0n) is 16.5. The molecule has 3 rings (SSSR count). The molecule has 158 valence electrons. The molecule has 0 aliphatic heterocycles. The number of rotatable bonds is 5. The van der Waals surface area contributed by atoms with Crippen molar-refractivity contribution in [3.63, 3.8) is 0 Å². The zero-order chi connectivity index (χ0) is 21.3. The summed E-state index contributed by atoms with van der Waals surface area (Å²) in [6.45, 7) is 5.60. The van der Waals surface area contributed by atoms with Crippen LogP contribution in [0.25, 0.3) is 0 Å². The normalized spacial score (nSPS) is 19.3. The number of aryl methyl sites for hydroxylation is 1. The van der Waals surface area contributed by atoms with Crippen LogP contribution in [-0.4, -0.2) is 23.7 Å². The molecule has 1 aromatic carbocycles. The Labute approximate surface area is 172 Å². The van der Waals surface area contributed by atoms with Gasteiger partial charge in [-0.3, -0.25) is 4.79 Å². The molecule has 1 heterocycles. The second kappa shape index (κ2) is 8.65. The highest BCUT2D eigenvalue weighted by Gasteiger charge is 2.29. The number of benzene rings is 1. The van der Waals surface area contributed by atoms with E-state index in [1.165, 1.54) is 0 Å². The topological polar surface area (TPSA) is 67.2 Å². The Hall–Kier alpha value is -2.22. The van der Waals surface area contributed by atoms with E-state index in [1.807, 2.05) is 13.8 Å². The van der Waals surface area contributed by atoms with Gasteiger partial charge in [0.05, 0.1) is 16.3 Å². The van der Waals surface area contributed by atoms with Crippen molar-refractivity contribution in [1.29, 1.82) is 0 Å². The van der Waals surface area contributed by atoms with Gasteiger partial charge >= 0.3 is 0 Å². The van der Waals surface area contributed by atoms with Gasteiger partial charge in [-0.25, -0.2) is 13.2 Å². The Bertz CT molecular complexity index is 895. The third-order valence-corrected chi connectivity index (χ3v) is 5.96. The molecule has 0 spiro atoms. The second-order valence-corrected chi connectivity index (χ2v) is 7.93. The number of hydrogen-bond donors (Lipinski definition) is 2. The lowest BCUT2D eigenvalue weighted by atomic mass is 9.86. The second-order valence-electron chi connectivity index (χ2n) is 7.55. The van der Waals surface area contributed by atoms with Gasteiger partial charge in [-0.05, 0) is 52.4 Å². The molecule has 0 radical (unpaired) electrons. The van der Waals surface area contributed by atoms with Gasteiger partial charge in [-0.2, -0.15) is 0 Å². The van der Waals surface area contributed by atoms with Gasteiger partial charge in [0.15, 0.2) is 11.6 Å². The van der Waals surface area contributed by atoms with Crippen molar-refractivity contribution in [2.24, 2.45) is 5.92 Å². The minimum atomic E-state index is -1.41. The van der Waals surface area contributed by atoms with Crippen LogP contribution in [0.4, 0.5) is 19.1 Å². The van der Waals surface area contributed by atoms with E-state index < -0.39 is 39.5 Å². The quantitative estimate of drug-likeness (QED) is 0.514. The average molecular weight is 430 g/mol. The van der Waals surface area contributed by atoms with Crippen LogP contribution >= 0.6 is 11.6 Å². The maximum absolute atomic E-state index is 14.3. The van der Waals surface area contributed by atoms with Crippen LogP contribution in [0.3, 0.4) is 0 Å². The summed E-state index contributed by atoms with van der Waals surface area (Å²) in [4.78, 5) is 12.4. The minimum Gasteiger partial charge on any atom is -0.354 e. The van der Waals surface area contributed by atoms with Crippen molar-refractivity contribution >= 4 is 23.4 Å². The molecule has 29 heavy (non-hydrogen) atoms.